The van der Waals surface area contributed by atoms with Gasteiger partial charge in [0.25, 0.3) is 0 Å². The highest BCUT2D eigenvalue weighted by Crippen LogP contribution is 2.21. The van der Waals surface area contributed by atoms with Crippen molar-refractivity contribution in [3.63, 3.8) is 0 Å². The Morgan fingerprint density at radius 3 is 2.54 bits per heavy atom. The Morgan fingerprint density at radius 1 is 1.08 bits per heavy atom. The van der Waals surface area contributed by atoms with Crippen LogP contribution in [0.2, 0.25) is 0 Å². The van der Waals surface area contributed by atoms with Crippen molar-refractivity contribution in [3.05, 3.63) is 71.8 Å². The number of rotatable bonds is 7. The first-order valence-electron chi connectivity index (χ1n) is 7.30. The van der Waals surface area contributed by atoms with E-state index in [4.69, 9.17) is 4.74 Å². The summed E-state index contributed by atoms with van der Waals surface area (Å²) in [5.41, 5.74) is 1.39. The number of benzene rings is 2. The molecule has 24 heavy (non-hydrogen) atoms. The molecular formula is C18H17F2NO3. The van der Waals surface area contributed by atoms with Gasteiger partial charge in [-0.2, -0.15) is 8.78 Å². The Morgan fingerprint density at radius 2 is 1.79 bits per heavy atom. The number of alkyl carbamates (subject to hydrolysis) is 1. The highest BCUT2D eigenvalue weighted by atomic mass is 19.3. The van der Waals surface area contributed by atoms with Crippen LogP contribution in [0.4, 0.5) is 13.6 Å². The topological polar surface area (TPSA) is 47.6 Å². The van der Waals surface area contributed by atoms with Gasteiger partial charge in [-0.05, 0) is 11.6 Å². The van der Waals surface area contributed by atoms with E-state index in [-0.39, 0.29) is 18.9 Å². The lowest BCUT2D eigenvalue weighted by molar-refractivity contribution is -0.0499. The minimum atomic E-state index is -2.88. The maximum Gasteiger partial charge on any atom is 0.407 e. The zero-order valence-corrected chi connectivity index (χ0v) is 12.8. The van der Waals surface area contributed by atoms with Gasteiger partial charge in [-0.3, -0.25) is 0 Å². The molecular weight excluding hydrogens is 316 g/mol. The molecule has 1 amide bonds. The molecule has 0 aliphatic rings. The van der Waals surface area contributed by atoms with E-state index in [0.717, 1.165) is 5.56 Å². The van der Waals surface area contributed by atoms with Gasteiger partial charge in [0.1, 0.15) is 12.4 Å². The first-order valence-corrected chi connectivity index (χ1v) is 7.30. The van der Waals surface area contributed by atoms with Gasteiger partial charge in [0.05, 0.1) is 0 Å². The van der Waals surface area contributed by atoms with Crippen molar-refractivity contribution in [2.45, 2.75) is 13.2 Å². The lowest BCUT2D eigenvalue weighted by atomic mass is 10.2. The molecule has 0 atom stereocenters. The van der Waals surface area contributed by atoms with Crippen LogP contribution < -0.4 is 10.1 Å². The monoisotopic (exact) mass is 333 g/mol. The predicted octanol–water partition coefficient (Wildman–Crippen LogP) is 4.23. The second-order valence-corrected chi connectivity index (χ2v) is 4.76. The lowest BCUT2D eigenvalue weighted by Gasteiger charge is -2.07. The summed E-state index contributed by atoms with van der Waals surface area (Å²) in [5, 5.41) is 2.55. The SMILES string of the molecule is O=C(NCC=Cc1ccccc1OC(F)F)OCc1ccccc1. The summed E-state index contributed by atoms with van der Waals surface area (Å²) in [4.78, 5) is 11.5. The van der Waals surface area contributed by atoms with E-state index in [2.05, 4.69) is 10.1 Å². The minimum Gasteiger partial charge on any atom is -0.445 e. The summed E-state index contributed by atoms with van der Waals surface area (Å²) in [6.45, 7) is -2.50. The van der Waals surface area contributed by atoms with Gasteiger partial charge in [0, 0.05) is 12.1 Å². The number of amides is 1. The van der Waals surface area contributed by atoms with Crippen LogP contribution in [-0.4, -0.2) is 19.2 Å². The highest BCUT2D eigenvalue weighted by Gasteiger charge is 2.06. The molecule has 2 rings (SSSR count). The quantitative estimate of drug-likeness (QED) is 0.825. The van der Waals surface area contributed by atoms with Crippen molar-refractivity contribution in [3.8, 4) is 5.75 Å². The Bertz CT molecular complexity index is 675. The second kappa shape index (κ2) is 9.29. The molecule has 0 aliphatic heterocycles. The molecule has 0 saturated carbocycles. The van der Waals surface area contributed by atoms with Gasteiger partial charge >= 0.3 is 12.7 Å². The number of ether oxygens (including phenoxy) is 2. The van der Waals surface area contributed by atoms with Crippen LogP contribution in [0, 0.1) is 0 Å². The number of carbonyl (C=O) groups excluding carboxylic acids is 1. The zero-order chi connectivity index (χ0) is 17.2. The molecule has 4 nitrogen and oxygen atoms in total. The third kappa shape index (κ3) is 6.08. The predicted molar refractivity (Wildman–Crippen MR) is 86.7 cm³/mol. The number of hydrogen-bond donors (Lipinski definition) is 1. The summed E-state index contributed by atoms with van der Waals surface area (Å²) in [5.74, 6) is 0.0791. The Kier molecular flexibility index (Phi) is 6.76. The number of alkyl halides is 2. The summed E-state index contributed by atoms with van der Waals surface area (Å²) in [7, 11) is 0. The molecule has 0 unspecified atom stereocenters. The smallest absolute Gasteiger partial charge is 0.407 e. The van der Waals surface area contributed by atoms with Crippen molar-refractivity contribution in [1.29, 1.82) is 0 Å². The van der Waals surface area contributed by atoms with E-state index in [1.165, 1.54) is 6.07 Å². The molecule has 0 aliphatic carbocycles. The number of hydrogen-bond acceptors (Lipinski definition) is 3. The molecule has 0 fully saturated rings. The zero-order valence-electron chi connectivity index (χ0n) is 12.8. The fourth-order valence-corrected chi connectivity index (χ4v) is 1.92. The fraction of sp³-hybridized carbons (Fsp3) is 0.167. The third-order valence-corrected chi connectivity index (χ3v) is 3.01. The molecule has 2 aromatic carbocycles. The molecule has 0 spiro atoms. The average Bonchev–Trinajstić information content (AvgIpc) is 2.58. The molecule has 6 heteroatoms. The number of halogens is 2. The lowest BCUT2D eigenvalue weighted by Crippen LogP contribution is -2.24. The third-order valence-electron chi connectivity index (χ3n) is 3.01. The number of carbonyl (C=O) groups is 1. The first-order chi connectivity index (χ1) is 11.6. The maximum atomic E-state index is 12.3. The van der Waals surface area contributed by atoms with Crippen molar-refractivity contribution in [1.82, 2.24) is 5.32 Å². The van der Waals surface area contributed by atoms with Gasteiger partial charge in [0.15, 0.2) is 0 Å². The summed E-state index contributed by atoms with van der Waals surface area (Å²) < 4.78 is 34.1. The molecule has 0 aromatic heterocycles. The molecule has 1 N–H and O–H groups in total. The van der Waals surface area contributed by atoms with Gasteiger partial charge in [-0.15, -0.1) is 0 Å². The summed E-state index contributed by atoms with van der Waals surface area (Å²) in [6.07, 6.45) is 2.66. The maximum absolute atomic E-state index is 12.3. The normalized spacial score (nSPS) is 10.8. The molecule has 0 radical (unpaired) electrons. The van der Waals surface area contributed by atoms with Crippen LogP contribution in [-0.2, 0) is 11.3 Å². The van der Waals surface area contributed by atoms with Gasteiger partial charge in [-0.1, -0.05) is 60.7 Å². The van der Waals surface area contributed by atoms with Crippen LogP contribution in [0.3, 0.4) is 0 Å². The minimum absolute atomic E-state index is 0.0791. The summed E-state index contributed by atoms with van der Waals surface area (Å²) >= 11 is 0. The van der Waals surface area contributed by atoms with E-state index in [0.29, 0.717) is 5.56 Å². The fourth-order valence-electron chi connectivity index (χ4n) is 1.92. The van der Waals surface area contributed by atoms with E-state index in [9.17, 15) is 13.6 Å². The molecule has 0 bridgehead atoms. The molecule has 126 valence electrons. The molecule has 0 heterocycles. The summed E-state index contributed by atoms with van der Waals surface area (Å²) in [6, 6.07) is 15.7. The van der Waals surface area contributed by atoms with E-state index >= 15 is 0 Å². The van der Waals surface area contributed by atoms with E-state index < -0.39 is 12.7 Å². The van der Waals surface area contributed by atoms with Crippen LogP contribution in [0.1, 0.15) is 11.1 Å². The van der Waals surface area contributed by atoms with Crippen molar-refractivity contribution < 1.29 is 23.0 Å². The van der Waals surface area contributed by atoms with Crippen LogP contribution >= 0.6 is 0 Å². The van der Waals surface area contributed by atoms with Crippen molar-refractivity contribution >= 4 is 12.2 Å². The van der Waals surface area contributed by atoms with Crippen LogP contribution in [0.5, 0.6) is 5.75 Å². The van der Waals surface area contributed by atoms with E-state index in [1.807, 2.05) is 30.3 Å². The van der Waals surface area contributed by atoms with Crippen LogP contribution in [0.25, 0.3) is 6.08 Å². The highest BCUT2D eigenvalue weighted by molar-refractivity contribution is 5.67. The largest absolute Gasteiger partial charge is 0.445 e. The Labute approximate surface area is 138 Å². The van der Waals surface area contributed by atoms with E-state index in [1.54, 1.807) is 30.4 Å². The van der Waals surface area contributed by atoms with Gasteiger partial charge < -0.3 is 14.8 Å². The molecule has 0 saturated heterocycles. The number of nitrogens with one attached hydrogen (secondary N) is 1. The van der Waals surface area contributed by atoms with Crippen molar-refractivity contribution in [2.75, 3.05) is 6.54 Å². The average molecular weight is 333 g/mol. The Balaban J connectivity index is 1.77. The van der Waals surface area contributed by atoms with Gasteiger partial charge in [0.2, 0.25) is 0 Å². The van der Waals surface area contributed by atoms with Crippen molar-refractivity contribution in [2.24, 2.45) is 0 Å². The van der Waals surface area contributed by atoms with Crippen LogP contribution in [0.15, 0.2) is 60.7 Å². The first kappa shape index (κ1) is 17.5. The number of para-hydroxylation sites is 1. The standard InChI is InChI=1S/C18H17F2NO3/c19-17(20)24-16-11-5-4-9-15(16)10-6-12-21-18(22)23-13-14-7-2-1-3-8-14/h1-11,17H,12-13H2,(H,21,22). The second-order valence-electron chi connectivity index (χ2n) is 4.76. The Hall–Kier alpha value is -2.89. The molecule has 2 aromatic rings. The van der Waals surface area contributed by atoms with Gasteiger partial charge in [-0.25, -0.2) is 4.79 Å².